The van der Waals surface area contributed by atoms with Crippen molar-refractivity contribution < 1.29 is 19.1 Å². The van der Waals surface area contributed by atoms with Gasteiger partial charge in [0.1, 0.15) is 17.3 Å². The Balaban J connectivity index is 1.38. The number of para-hydroxylation sites is 2. The van der Waals surface area contributed by atoms with Crippen molar-refractivity contribution in [1.82, 2.24) is 14.4 Å². The molecule has 2 amide bonds. The topological polar surface area (TPSA) is 65.8 Å². The van der Waals surface area contributed by atoms with E-state index >= 15 is 0 Å². The second-order valence-corrected chi connectivity index (χ2v) is 8.37. The van der Waals surface area contributed by atoms with Crippen LogP contribution in [0.5, 0.6) is 5.75 Å². The van der Waals surface area contributed by atoms with E-state index in [4.69, 9.17) is 0 Å². The summed E-state index contributed by atoms with van der Waals surface area (Å²) in [6.07, 6.45) is 0. The summed E-state index contributed by atoms with van der Waals surface area (Å²) in [7, 11) is 0. The number of benzene rings is 3. The first kappa shape index (κ1) is 21.7. The third kappa shape index (κ3) is 4.01. The summed E-state index contributed by atoms with van der Waals surface area (Å²) >= 11 is 0. The summed E-state index contributed by atoms with van der Waals surface area (Å²) in [4.78, 5) is 29.7. The van der Waals surface area contributed by atoms with E-state index in [0.29, 0.717) is 37.4 Å². The number of aromatic hydroxyl groups is 1. The number of fused-ring (bicyclic) bond motifs is 1. The number of nitrogens with zero attached hydrogens (tertiary/aromatic N) is 3. The number of phenols is 1. The molecule has 7 heteroatoms. The summed E-state index contributed by atoms with van der Waals surface area (Å²) in [5.41, 5.74) is 2.12. The van der Waals surface area contributed by atoms with E-state index < -0.39 is 0 Å². The van der Waals surface area contributed by atoms with E-state index in [0.717, 1.165) is 10.9 Å². The van der Waals surface area contributed by atoms with Gasteiger partial charge in [-0.05, 0) is 30.3 Å². The van der Waals surface area contributed by atoms with Gasteiger partial charge in [0, 0.05) is 42.6 Å². The van der Waals surface area contributed by atoms with Gasteiger partial charge in [0.15, 0.2) is 0 Å². The Bertz CT molecular complexity index is 1370. The summed E-state index contributed by atoms with van der Waals surface area (Å²) in [6.45, 7) is 1.73. The number of phenolic OH excluding ortho intramolecular Hbond substituents is 1. The highest BCUT2D eigenvalue weighted by Gasteiger charge is 2.28. The molecule has 34 heavy (non-hydrogen) atoms. The molecule has 1 aromatic heterocycles. The first-order valence-electron chi connectivity index (χ1n) is 11.2. The second kappa shape index (κ2) is 9.02. The molecule has 0 unspecified atom stereocenters. The minimum Gasteiger partial charge on any atom is -0.507 e. The maximum atomic E-state index is 14.4. The van der Waals surface area contributed by atoms with Gasteiger partial charge in [0.2, 0.25) is 0 Å². The molecule has 0 aliphatic carbocycles. The number of carbonyl (C=O) groups excluding carboxylic acids is 2. The molecule has 5 rings (SSSR count). The number of hydrogen-bond donors (Lipinski definition) is 1. The van der Waals surface area contributed by atoms with Crippen LogP contribution in [0.4, 0.5) is 4.39 Å². The van der Waals surface area contributed by atoms with Gasteiger partial charge in [-0.2, -0.15) is 0 Å². The van der Waals surface area contributed by atoms with Crippen LogP contribution in [0.15, 0.2) is 78.9 Å². The molecule has 3 aromatic carbocycles. The van der Waals surface area contributed by atoms with Gasteiger partial charge in [0.25, 0.3) is 11.8 Å². The molecule has 0 atom stereocenters. The zero-order valence-electron chi connectivity index (χ0n) is 18.5. The number of rotatable bonds is 4. The molecule has 0 spiro atoms. The van der Waals surface area contributed by atoms with Gasteiger partial charge in [-0.15, -0.1) is 0 Å². The molecule has 4 aromatic rings. The van der Waals surface area contributed by atoms with Gasteiger partial charge in [-0.3, -0.25) is 9.59 Å². The summed E-state index contributed by atoms with van der Waals surface area (Å²) in [6, 6.07) is 22.6. The molecule has 1 fully saturated rings. The molecule has 1 aliphatic heterocycles. The van der Waals surface area contributed by atoms with Crippen LogP contribution in [-0.2, 0) is 6.54 Å². The normalized spacial score (nSPS) is 13.9. The van der Waals surface area contributed by atoms with Crippen LogP contribution in [0.3, 0.4) is 0 Å². The second-order valence-electron chi connectivity index (χ2n) is 8.37. The lowest BCUT2D eigenvalue weighted by atomic mass is 10.1. The number of amides is 2. The summed E-state index contributed by atoms with van der Waals surface area (Å²) in [5.74, 6) is -0.764. The Morgan fingerprint density at radius 2 is 1.41 bits per heavy atom. The fraction of sp³-hybridized carbons (Fsp3) is 0.185. The van der Waals surface area contributed by atoms with Gasteiger partial charge in [0.05, 0.1) is 12.1 Å². The number of hydrogen-bond acceptors (Lipinski definition) is 3. The Morgan fingerprint density at radius 3 is 2.15 bits per heavy atom. The standard InChI is InChI=1S/C27H24FN3O3/c28-22-10-4-1-8-20(22)18-31-23-11-5-2-7-19(23)17-24(31)27(34)30-15-13-29(14-16-30)26(33)21-9-3-6-12-25(21)32/h1-12,17,32H,13-16,18H2. The molecule has 1 N–H and O–H groups in total. The number of piperazine rings is 1. The third-order valence-corrected chi connectivity index (χ3v) is 6.30. The molecular weight excluding hydrogens is 433 g/mol. The van der Waals surface area contributed by atoms with Crippen LogP contribution >= 0.6 is 0 Å². The molecule has 1 aliphatic rings. The fourth-order valence-electron chi connectivity index (χ4n) is 4.45. The Morgan fingerprint density at radius 1 is 0.794 bits per heavy atom. The van der Waals surface area contributed by atoms with E-state index in [1.54, 1.807) is 46.2 Å². The smallest absolute Gasteiger partial charge is 0.270 e. The highest BCUT2D eigenvalue weighted by molar-refractivity contribution is 5.99. The van der Waals surface area contributed by atoms with E-state index in [-0.39, 0.29) is 35.5 Å². The van der Waals surface area contributed by atoms with Crippen molar-refractivity contribution in [3.8, 4) is 5.75 Å². The van der Waals surface area contributed by atoms with Crippen LogP contribution < -0.4 is 0 Å². The highest BCUT2D eigenvalue weighted by atomic mass is 19.1. The van der Waals surface area contributed by atoms with Gasteiger partial charge in [-0.25, -0.2) is 4.39 Å². The Labute approximate surface area is 196 Å². The highest BCUT2D eigenvalue weighted by Crippen LogP contribution is 2.24. The van der Waals surface area contributed by atoms with E-state index in [1.807, 2.05) is 34.9 Å². The molecule has 0 saturated carbocycles. The van der Waals surface area contributed by atoms with Crippen molar-refractivity contribution >= 4 is 22.7 Å². The average Bonchev–Trinajstić information content (AvgIpc) is 3.23. The molecule has 1 saturated heterocycles. The molecule has 172 valence electrons. The zero-order valence-corrected chi connectivity index (χ0v) is 18.5. The lowest BCUT2D eigenvalue weighted by molar-refractivity contribution is 0.0528. The van der Waals surface area contributed by atoms with Gasteiger partial charge in [-0.1, -0.05) is 48.5 Å². The van der Waals surface area contributed by atoms with Crippen LogP contribution in [0, 0.1) is 5.82 Å². The third-order valence-electron chi connectivity index (χ3n) is 6.30. The van der Waals surface area contributed by atoms with Crippen molar-refractivity contribution in [3.05, 3.63) is 102 Å². The van der Waals surface area contributed by atoms with Gasteiger partial charge >= 0.3 is 0 Å². The first-order chi connectivity index (χ1) is 16.5. The average molecular weight is 458 g/mol. The Kier molecular flexibility index (Phi) is 5.76. The van der Waals surface area contributed by atoms with Crippen LogP contribution in [0.25, 0.3) is 10.9 Å². The fourth-order valence-corrected chi connectivity index (χ4v) is 4.45. The Hall–Kier alpha value is -4.13. The number of carbonyl (C=O) groups is 2. The monoisotopic (exact) mass is 457 g/mol. The van der Waals surface area contributed by atoms with Crippen LogP contribution in [0.2, 0.25) is 0 Å². The predicted octanol–water partition coefficient (Wildman–Crippen LogP) is 4.13. The van der Waals surface area contributed by atoms with Gasteiger partial charge < -0.3 is 19.5 Å². The summed E-state index contributed by atoms with van der Waals surface area (Å²) < 4.78 is 16.2. The molecule has 0 bridgehead atoms. The quantitative estimate of drug-likeness (QED) is 0.501. The number of aromatic nitrogens is 1. The van der Waals surface area contributed by atoms with Crippen LogP contribution in [0.1, 0.15) is 26.4 Å². The SMILES string of the molecule is O=C(c1ccccc1O)N1CCN(C(=O)c2cc3ccccc3n2Cc2ccccc2F)CC1. The molecule has 2 heterocycles. The first-order valence-corrected chi connectivity index (χ1v) is 11.2. The lowest BCUT2D eigenvalue weighted by Crippen LogP contribution is -2.50. The number of halogens is 1. The zero-order chi connectivity index (χ0) is 23.7. The molecular formula is C27H24FN3O3. The van der Waals surface area contributed by atoms with Crippen molar-refractivity contribution in [2.24, 2.45) is 0 Å². The van der Waals surface area contributed by atoms with Crippen molar-refractivity contribution in [2.45, 2.75) is 6.54 Å². The van der Waals surface area contributed by atoms with Crippen LogP contribution in [-0.4, -0.2) is 57.5 Å². The summed E-state index contributed by atoms with van der Waals surface area (Å²) in [5, 5.41) is 10.9. The van der Waals surface area contributed by atoms with Crippen molar-refractivity contribution in [3.63, 3.8) is 0 Å². The van der Waals surface area contributed by atoms with E-state index in [2.05, 4.69) is 0 Å². The van der Waals surface area contributed by atoms with Crippen molar-refractivity contribution in [1.29, 1.82) is 0 Å². The van der Waals surface area contributed by atoms with E-state index in [9.17, 15) is 19.1 Å². The predicted molar refractivity (Wildman–Crippen MR) is 127 cm³/mol. The maximum absolute atomic E-state index is 14.4. The minimum atomic E-state index is -0.310. The lowest BCUT2D eigenvalue weighted by Gasteiger charge is -2.35. The van der Waals surface area contributed by atoms with E-state index in [1.165, 1.54) is 12.1 Å². The molecule has 0 radical (unpaired) electrons. The maximum Gasteiger partial charge on any atom is 0.270 e. The van der Waals surface area contributed by atoms with Crippen molar-refractivity contribution in [2.75, 3.05) is 26.2 Å². The largest absolute Gasteiger partial charge is 0.507 e. The molecule has 6 nitrogen and oxygen atoms in total. The minimum absolute atomic E-state index is 0.0522.